The van der Waals surface area contributed by atoms with E-state index in [0.717, 1.165) is 12.5 Å². The van der Waals surface area contributed by atoms with Gasteiger partial charge < -0.3 is 4.74 Å². The molecular weight excluding hydrogens is 320 g/mol. The van der Waals surface area contributed by atoms with Gasteiger partial charge in [-0.05, 0) is 13.8 Å². The highest BCUT2D eigenvalue weighted by Crippen LogP contribution is 2.53. The van der Waals surface area contributed by atoms with Gasteiger partial charge in [0.25, 0.3) is 20.2 Å². The van der Waals surface area contributed by atoms with Gasteiger partial charge in [0.1, 0.15) is 0 Å². The fraction of sp³-hybridized carbons (Fsp3) is 0.833. The Kier molecular flexibility index (Phi) is 4.04. The maximum absolute atomic E-state index is 11.2. The average Bonchev–Trinajstić information content (AvgIpc) is 2.68. The summed E-state index contributed by atoms with van der Waals surface area (Å²) in [5.74, 6) is -0.632. The summed E-state index contributed by atoms with van der Waals surface area (Å²) < 4.78 is 60.5. The van der Waals surface area contributed by atoms with Crippen LogP contribution in [0.25, 0.3) is 0 Å². The van der Waals surface area contributed by atoms with Crippen molar-refractivity contribution in [3.05, 3.63) is 12.2 Å². The third kappa shape index (κ3) is 3.65. The smallest absolute Gasteiger partial charge is 0.264 e. The van der Waals surface area contributed by atoms with Crippen LogP contribution in [0.15, 0.2) is 12.2 Å². The minimum absolute atomic E-state index is 0.0763. The molecule has 0 radical (unpaired) electrons. The van der Waals surface area contributed by atoms with Gasteiger partial charge in [-0.15, -0.1) is 0 Å². The van der Waals surface area contributed by atoms with E-state index in [-0.39, 0.29) is 25.0 Å². The summed E-state index contributed by atoms with van der Waals surface area (Å²) in [6.45, 7) is 3.50. The van der Waals surface area contributed by atoms with E-state index in [1.165, 1.54) is 0 Å². The molecule has 2 aliphatic heterocycles. The molecule has 1 saturated heterocycles. The Bertz CT molecular complexity index is 595. The van der Waals surface area contributed by atoms with Crippen molar-refractivity contribution in [2.45, 2.75) is 25.0 Å². The Labute approximate surface area is 125 Å². The van der Waals surface area contributed by atoms with Crippen LogP contribution in [0.3, 0.4) is 0 Å². The Hall–Kier alpha value is -0.480. The number of fused-ring (bicyclic) bond motifs is 2. The molecule has 2 rings (SSSR count). The highest BCUT2D eigenvalue weighted by atomic mass is 32.2. The lowest BCUT2D eigenvalue weighted by atomic mass is 9.72. The Morgan fingerprint density at radius 3 is 1.52 bits per heavy atom. The molecule has 0 aromatic heterocycles. The van der Waals surface area contributed by atoms with Gasteiger partial charge in [-0.3, -0.25) is 8.37 Å². The number of rotatable bonds is 6. The molecule has 7 nitrogen and oxygen atoms in total. The highest BCUT2D eigenvalue weighted by molar-refractivity contribution is 7.86. The van der Waals surface area contributed by atoms with Crippen LogP contribution >= 0.6 is 0 Å². The van der Waals surface area contributed by atoms with Crippen LogP contribution in [-0.4, -0.2) is 53.8 Å². The standard InChI is InChI=1S/C12H20O7S2/c1-11-5-6-12(2,19-11)10(8-18-21(4,15)16)9(11)7-17-20(3,13)14/h5-6,9-10H,7-8H2,1-4H3/t9-,10+,11+,12-. The van der Waals surface area contributed by atoms with Crippen LogP contribution in [0.5, 0.6) is 0 Å². The summed E-state index contributed by atoms with van der Waals surface area (Å²) >= 11 is 0. The summed E-state index contributed by atoms with van der Waals surface area (Å²) in [5.41, 5.74) is -1.38. The van der Waals surface area contributed by atoms with Gasteiger partial charge >= 0.3 is 0 Å². The first-order valence-corrected chi connectivity index (χ1v) is 10.1. The monoisotopic (exact) mass is 340 g/mol. The van der Waals surface area contributed by atoms with Gasteiger partial charge in [-0.25, -0.2) is 0 Å². The third-order valence-electron chi connectivity index (χ3n) is 4.07. The molecule has 0 unspecified atom stereocenters. The largest absolute Gasteiger partial charge is 0.360 e. The van der Waals surface area contributed by atoms with Crippen LogP contribution in [0.1, 0.15) is 13.8 Å². The summed E-state index contributed by atoms with van der Waals surface area (Å²) in [5, 5.41) is 0. The molecule has 0 aromatic carbocycles. The zero-order chi connectivity index (χ0) is 16.1. The molecule has 2 heterocycles. The quantitative estimate of drug-likeness (QED) is 0.506. The summed E-state index contributed by atoms with van der Waals surface area (Å²) in [6, 6.07) is 0. The molecular formula is C12H20O7S2. The second kappa shape index (κ2) is 5.02. The molecule has 0 aliphatic carbocycles. The third-order valence-corrected chi connectivity index (χ3v) is 5.20. The lowest BCUT2D eigenvalue weighted by Gasteiger charge is -2.32. The van der Waals surface area contributed by atoms with Gasteiger partial charge in [0, 0.05) is 11.8 Å². The maximum Gasteiger partial charge on any atom is 0.264 e. The lowest BCUT2D eigenvalue weighted by molar-refractivity contribution is -0.0318. The molecule has 9 heteroatoms. The molecule has 1 fully saturated rings. The van der Waals surface area contributed by atoms with E-state index in [2.05, 4.69) is 0 Å². The first-order valence-electron chi connectivity index (χ1n) is 6.44. The van der Waals surface area contributed by atoms with Crippen LogP contribution < -0.4 is 0 Å². The zero-order valence-electron chi connectivity index (χ0n) is 12.4. The molecule has 2 bridgehead atoms. The van der Waals surface area contributed by atoms with Crippen molar-refractivity contribution >= 4 is 20.2 Å². The summed E-state index contributed by atoms with van der Waals surface area (Å²) in [6.07, 6.45) is 5.67. The molecule has 21 heavy (non-hydrogen) atoms. The maximum atomic E-state index is 11.2. The van der Waals surface area contributed by atoms with Crippen molar-refractivity contribution in [2.24, 2.45) is 11.8 Å². The second-order valence-corrected chi connectivity index (χ2v) is 9.28. The van der Waals surface area contributed by atoms with E-state index in [0.29, 0.717) is 0 Å². The summed E-state index contributed by atoms with van der Waals surface area (Å²) in [7, 11) is -7.16. The predicted octanol–water partition coefficient (Wildman–Crippen LogP) is 0.289. The van der Waals surface area contributed by atoms with E-state index in [1.54, 1.807) is 0 Å². The average molecular weight is 340 g/mol. The number of hydrogen-bond donors (Lipinski definition) is 0. The topological polar surface area (TPSA) is 96.0 Å². The molecule has 0 spiro atoms. The van der Waals surface area contributed by atoms with E-state index >= 15 is 0 Å². The van der Waals surface area contributed by atoms with Crippen molar-refractivity contribution in [3.63, 3.8) is 0 Å². The van der Waals surface area contributed by atoms with E-state index in [1.807, 2.05) is 26.0 Å². The van der Waals surface area contributed by atoms with E-state index in [9.17, 15) is 16.8 Å². The first kappa shape index (κ1) is 16.9. The fourth-order valence-corrected chi connectivity index (χ4v) is 3.81. The van der Waals surface area contributed by atoms with Crippen molar-refractivity contribution in [3.8, 4) is 0 Å². The molecule has 0 aromatic rings. The van der Waals surface area contributed by atoms with Crippen LogP contribution in [0, 0.1) is 11.8 Å². The van der Waals surface area contributed by atoms with Crippen LogP contribution in [0.2, 0.25) is 0 Å². The predicted molar refractivity (Wildman–Crippen MR) is 75.6 cm³/mol. The normalized spacial score (nSPS) is 39.0. The zero-order valence-corrected chi connectivity index (χ0v) is 14.0. The molecule has 2 aliphatic rings. The van der Waals surface area contributed by atoms with Gasteiger partial charge in [-0.2, -0.15) is 16.8 Å². The number of hydrogen-bond acceptors (Lipinski definition) is 7. The van der Waals surface area contributed by atoms with E-state index < -0.39 is 31.4 Å². The van der Waals surface area contributed by atoms with Crippen molar-refractivity contribution in [1.29, 1.82) is 0 Å². The van der Waals surface area contributed by atoms with Crippen molar-refractivity contribution < 1.29 is 29.9 Å². The fourth-order valence-electron chi connectivity index (χ4n) is 3.03. The Morgan fingerprint density at radius 1 is 0.905 bits per heavy atom. The van der Waals surface area contributed by atoms with Gasteiger partial charge in [0.05, 0.1) is 36.9 Å². The van der Waals surface area contributed by atoms with Crippen molar-refractivity contribution in [1.82, 2.24) is 0 Å². The Balaban J connectivity index is 2.20. The van der Waals surface area contributed by atoms with Gasteiger partial charge in [-0.1, -0.05) is 12.2 Å². The molecule has 0 saturated carbocycles. The van der Waals surface area contributed by atoms with E-state index in [4.69, 9.17) is 13.1 Å². The van der Waals surface area contributed by atoms with Gasteiger partial charge in [0.15, 0.2) is 0 Å². The van der Waals surface area contributed by atoms with Crippen LogP contribution in [0.4, 0.5) is 0 Å². The minimum Gasteiger partial charge on any atom is -0.360 e. The molecule has 4 atom stereocenters. The molecule has 0 N–H and O–H groups in total. The highest BCUT2D eigenvalue weighted by Gasteiger charge is 2.60. The lowest BCUT2D eigenvalue weighted by Crippen LogP contribution is -2.41. The number of ether oxygens (including phenoxy) is 1. The molecule has 122 valence electrons. The Morgan fingerprint density at radius 2 is 1.24 bits per heavy atom. The van der Waals surface area contributed by atoms with Crippen LogP contribution in [-0.2, 0) is 33.3 Å². The SMILES string of the molecule is C[C@]12C=C[C@](C)(O1)[C@H](COS(C)(=O)=O)[C@@H]2COS(C)(=O)=O. The van der Waals surface area contributed by atoms with Crippen molar-refractivity contribution in [2.75, 3.05) is 25.7 Å². The minimum atomic E-state index is -3.58. The first-order chi connectivity index (χ1) is 9.35. The second-order valence-electron chi connectivity index (χ2n) is 5.99. The molecule has 0 amide bonds. The summed E-state index contributed by atoms with van der Waals surface area (Å²) in [4.78, 5) is 0. The van der Waals surface area contributed by atoms with Gasteiger partial charge in [0.2, 0.25) is 0 Å².